The Labute approximate surface area is 440 Å². The molecule has 2 rings (SSSR count). The number of carbonyl (C=O) groups excluding carboxylic acids is 10. The van der Waals surface area contributed by atoms with Crippen LogP contribution in [0.4, 0.5) is 4.79 Å². The van der Waals surface area contributed by atoms with E-state index in [0.717, 1.165) is 25.0 Å². The standard InChI is InChI=1S/C49H88N14O10S/c1-6-29(3)41(31(5)64)61-45(70)33(16-12-13-24-50)59-47(72)42(30(4)7-2)62-46(71)34(21-22-37(51)65)58-44(69)32(17-15-26-56-48(52)53)57-40(68)23-27-55-39(67)19-9-8-14-25-54-38(66)20-11-10-18-36-43-35(28-74-36)60-49(73)63-43/h29-30,32-36,41-43H,6-28,50H2,1-5H3,(H2,51,65)(H,54,66)(H,55,67)(H,57,68)(H,58,69)(H,59,72)(H,61,70)(H,62,71)(H4,52,53,56)(H2,60,63,73). The number of aliphatic imine (C=N–C) groups is 1. The molecule has 0 saturated carbocycles. The summed E-state index contributed by atoms with van der Waals surface area (Å²) in [5.74, 6) is -4.64. The second-order valence-corrected chi connectivity index (χ2v) is 20.7. The molecule has 10 atom stereocenters. The first-order valence-corrected chi connectivity index (χ1v) is 27.5. The molecule has 0 radical (unpaired) electrons. The first-order valence-electron chi connectivity index (χ1n) is 26.5. The van der Waals surface area contributed by atoms with Crippen molar-refractivity contribution in [3.8, 4) is 0 Å². The normalized spacial score (nSPS) is 18.5. The van der Waals surface area contributed by atoms with Crippen LogP contribution in [0, 0.1) is 11.8 Å². The fourth-order valence-electron chi connectivity index (χ4n) is 8.56. The molecular formula is C49H88N14O10S. The van der Waals surface area contributed by atoms with Crippen molar-refractivity contribution in [3.63, 3.8) is 0 Å². The number of nitrogens with zero attached hydrogens (tertiary/aromatic N) is 1. The van der Waals surface area contributed by atoms with Crippen LogP contribution in [0.15, 0.2) is 4.99 Å². The molecule has 2 aliphatic heterocycles. The molecular weight excluding hydrogens is 977 g/mol. The lowest BCUT2D eigenvalue weighted by Crippen LogP contribution is -2.60. The predicted octanol–water partition coefficient (Wildman–Crippen LogP) is -0.552. The van der Waals surface area contributed by atoms with Gasteiger partial charge in [-0.15, -0.1) is 0 Å². The Hall–Kier alpha value is -5.72. The number of guanidine groups is 1. The van der Waals surface area contributed by atoms with Gasteiger partial charge >= 0.3 is 6.03 Å². The van der Waals surface area contributed by atoms with Crippen LogP contribution in [-0.2, 0) is 43.2 Å². The molecule has 10 amide bonds. The summed E-state index contributed by atoms with van der Waals surface area (Å²) in [7, 11) is 0. The Morgan fingerprint density at radius 3 is 1.81 bits per heavy atom. The average molecular weight is 1070 g/mol. The van der Waals surface area contributed by atoms with Crippen LogP contribution in [-0.4, -0.2) is 145 Å². The first kappa shape index (κ1) is 64.4. The number of ketones is 1. The molecule has 25 heteroatoms. The molecule has 0 aromatic heterocycles. The van der Waals surface area contributed by atoms with E-state index in [1.54, 1.807) is 13.8 Å². The van der Waals surface area contributed by atoms with Crippen LogP contribution in [0.2, 0.25) is 0 Å². The zero-order valence-electron chi connectivity index (χ0n) is 44.3. The average Bonchev–Trinajstić information content (AvgIpc) is 3.91. The lowest BCUT2D eigenvalue weighted by Gasteiger charge is -2.30. The molecule has 2 aliphatic rings. The van der Waals surface area contributed by atoms with Crippen LogP contribution in [0.5, 0.6) is 0 Å². The largest absolute Gasteiger partial charge is 0.370 e. The number of urea groups is 1. The molecule has 420 valence electrons. The van der Waals surface area contributed by atoms with E-state index in [0.29, 0.717) is 69.7 Å². The minimum Gasteiger partial charge on any atom is -0.370 e. The van der Waals surface area contributed by atoms with Crippen molar-refractivity contribution in [1.82, 2.24) is 47.9 Å². The maximum atomic E-state index is 14.0. The first-order chi connectivity index (χ1) is 35.2. The highest BCUT2D eigenvalue weighted by atomic mass is 32.2. The third-order valence-electron chi connectivity index (χ3n) is 13.4. The second kappa shape index (κ2) is 35.5. The van der Waals surface area contributed by atoms with Gasteiger partial charge in [-0.05, 0) is 89.5 Å². The molecule has 0 bridgehead atoms. The number of primary amides is 1. The second-order valence-electron chi connectivity index (χ2n) is 19.5. The van der Waals surface area contributed by atoms with E-state index < -0.39 is 71.6 Å². The molecule has 74 heavy (non-hydrogen) atoms. The quantitative estimate of drug-likeness (QED) is 0.0159. The number of nitrogens with two attached hydrogens (primary N) is 4. The molecule has 2 heterocycles. The zero-order chi connectivity index (χ0) is 55.2. The number of carbonyl (C=O) groups is 10. The van der Waals surface area contributed by atoms with Crippen molar-refractivity contribution in [2.45, 2.75) is 198 Å². The highest BCUT2D eigenvalue weighted by Crippen LogP contribution is 2.33. The van der Waals surface area contributed by atoms with E-state index in [2.05, 4.69) is 52.8 Å². The molecule has 0 aromatic carbocycles. The number of thioether (sulfide) groups is 1. The summed E-state index contributed by atoms with van der Waals surface area (Å²) < 4.78 is 0. The monoisotopic (exact) mass is 1060 g/mol. The molecule has 17 N–H and O–H groups in total. The Balaban J connectivity index is 1.97. The van der Waals surface area contributed by atoms with Crippen molar-refractivity contribution >= 4 is 76.8 Å². The molecule has 2 fully saturated rings. The molecule has 0 spiro atoms. The number of Topliss-reactive ketones (excluding diaryl/α,β-unsaturated/α-hetero) is 1. The highest BCUT2D eigenvalue weighted by Gasteiger charge is 2.42. The van der Waals surface area contributed by atoms with Crippen molar-refractivity contribution in [3.05, 3.63) is 0 Å². The maximum absolute atomic E-state index is 14.0. The van der Waals surface area contributed by atoms with Gasteiger partial charge in [0.05, 0.1) is 18.1 Å². The summed E-state index contributed by atoms with van der Waals surface area (Å²) in [4.78, 5) is 134. The smallest absolute Gasteiger partial charge is 0.315 e. The third kappa shape index (κ3) is 25.0. The van der Waals surface area contributed by atoms with Gasteiger partial charge in [0.2, 0.25) is 47.3 Å². The van der Waals surface area contributed by atoms with Gasteiger partial charge in [0.25, 0.3) is 0 Å². The van der Waals surface area contributed by atoms with Crippen molar-refractivity contribution in [2.24, 2.45) is 39.8 Å². The van der Waals surface area contributed by atoms with Crippen LogP contribution < -0.4 is 70.8 Å². The number of nitrogens with one attached hydrogen (secondary N) is 9. The minimum absolute atomic E-state index is 0.0186. The molecule has 24 nitrogen and oxygen atoms in total. The Morgan fingerprint density at radius 1 is 0.622 bits per heavy atom. The van der Waals surface area contributed by atoms with E-state index in [4.69, 9.17) is 22.9 Å². The van der Waals surface area contributed by atoms with Crippen LogP contribution in [0.25, 0.3) is 0 Å². The summed E-state index contributed by atoms with van der Waals surface area (Å²) >= 11 is 1.85. The minimum atomic E-state index is -1.40. The van der Waals surface area contributed by atoms with E-state index >= 15 is 0 Å². The summed E-state index contributed by atoms with van der Waals surface area (Å²) in [6.45, 7) is 9.59. The predicted molar refractivity (Wildman–Crippen MR) is 284 cm³/mol. The number of fused-ring (bicyclic) bond motifs is 1. The van der Waals surface area contributed by atoms with Crippen molar-refractivity contribution in [1.29, 1.82) is 0 Å². The summed E-state index contributed by atoms with van der Waals surface area (Å²) in [6, 6.07) is -5.44. The molecule has 0 aromatic rings. The van der Waals surface area contributed by atoms with E-state index in [-0.39, 0.29) is 106 Å². The Morgan fingerprint density at radius 2 is 1.19 bits per heavy atom. The number of hydrogen-bond acceptors (Lipinski definition) is 13. The lowest BCUT2D eigenvalue weighted by atomic mass is 9.95. The van der Waals surface area contributed by atoms with E-state index in [9.17, 15) is 47.9 Å². The Bertz CT molecular complexity index is 1890. The molecule has 10 unspecified atom stereocenters. The van der Waals surface area contributed by atoms with Crippen LogP contribution >= 0.6 is 11.8 Å². The van der Waals surface area contributed by atoms with Crippen molar-refractivity contribution < 1.29 is 47.9 Å². The van der Waals surface area contributed by atoms with Crippen LogP contribution in [0.3, 0.4) is 0 Å². The third-order valence-corrected chi connectivity index (χ3v) is 14.9. The number of hydrogen-bond donors (Lipinski definition) is 13. The SMILES string of the molecule is CCC(C)C(NC(=O)C(CCCCN)NC(=O)C(NC(=O)C(CCC(N)=O)NC(=O)C(CCCN=C(N)N)NC(=O)CCNC(=O)CCCCCNC(=O)CCCCC1SCC2NC(=O)NC21)C(C)CC)C(C)=O. The highest BCUT2D eigenvalue weighted by molar-refractivity contribution is 8.00. The maximum Gasteiger partial charge on any atom is 0.315 e. The zero-order valence-corrected chi connectivity index (χ0v) is 45.1. The van der Waals surface area contributed by atoms with E-state index in [1.165, 1.54) is 6.92 Å². The fourth-order valence-corrected chi connectivity index (χ4v) is 10.1. The van der Waals surface area contributed by atoms with Gasteiger partial charge in [0, 0.05) is 56.3 Å². The van der Waals surface area contributed by atoms with Gasteiger partial charge in [-0.1, -0.05) is 53.4 Å². The number of amides is 10. The summed E-state index contributed by atoms with van der Waals surface area (Å²) in [5, 5.41) is 25.4. The fraction of sp³-hybridized carbons (Fsp3) is 0.776. The van der Waals surface area contributed by atoms with Crippen molar-refractivity contribution in [2.75, 3.05) is 31.9 Å². The number of rotatable bonds is 39. The lowest BCUT2D eigenvalue weighted by molar-refractivity contribution is -0.136. The number of unbranched alkanes of at least 4 members (excludes halogenated alkanes) is 4. The van der Waals surface area contributed by atoms with Crippen LogP contribution in [0.1, 0.15) is 150 Å². The van der Waals surface area contributed by atoms with Gasteiger partial charge in [0.15, 0.2) is 11.7 Å². The van der Waals surface area contributed by atoms with Gasteiger partial charge in [-0.2, -0.15) is 11.8 Å². The Kier molecular flexibility index (Phi) is 30.9. The molecule has 2 saturated heterocycles. The summed E-state index contributed by atoms with van der Waals surface area (Å²) in [6.07, 6.45) is 7.00. The van der Waals surface area contributed by atoms with Gasteiger partial charge < -0.3 is 70.8 Å². The van der Waals surface area contributed by atoms with Gasteiger partial charge in [-0.25, -0.2) is 4.79 Å². The summed E-state index contributed by atoms with van der Waals surface area (Å²) in [5.41, 5.74) is 22.1. The van der Waals surface area contributed by atoms with Gasteiger partial charge in [-0.3, -0.25) is 48.1 Å². The molecule has 0 aliphatic carbocycles. The van der Waals surface area contributed by atoms with Gasteiger partial charge in [0.1, 0.15) is 24.2 Å². The van der Waals surface area contributed by atoms with E-state index in [1.807, 2.05) is 25.6 Å². The topological polar surface area (TPSA) is 395 Å².